The van der Waals surface area contributed by atoms with Crippen LogP contribution in [0.15, 0.2) is 148 Å². The monoisotopic (exact) mass is 642 g/mol. The highest BCUT2D eigenvalue weighted by Gasteiger charge is 2.20. The molecule has 45 heavy (non-hydrogen) atoms. The van der Waals surface area contributed by atoms with Crippen molar-refractivity contribution in [1.29, 1.82) is 0 Å². The van der Waals surface area contributed by atoms with Crippen LogP contribution in [0.2, 0.25) is 0 Å². The van der Waals surface area contributed by atoms with Gasteiger partial charge in [-0.05, 0) is 54.6 Å². The molecule has 0 saturated carbocycles. The Morgan fingerprint density at radius 2 is 1.09 bits per heavy atom. The average Bonchev–Trinajstić information content (AvgIpc) is 3.64. The second-order valence-electron chi connectivity index (χ2n) is 11.0. The second-order valence-corrected chi connectivity index (χ2v) is 11.9. The third-order valence-electron chi connectivity index (χ3n) is 8.30. The maximum Gasteiger partial charge on any atom is 0.164 e. The van der Waals surface area contributed by atoms with Gasteiger partial charge in [-0.1, -0.05) is 101 Å². The summed E-state index contributed by atoms with van der Waals surface area (Å²) < 4.78 is 10.0. The van der Waals surface area contributed by atoms with Crippen LogP contribution in [0.1, 0.15) is 0 Å². The molecule has 6 aromatic carbocycles. The molecule has 0 bridgehead atoms. The molecule has 0 radical (unpaired) electrons. The quantitative estimate of drug-likeness (QED) is 0.192. The fraction of sp³-hybridized carbons (Fsp3) is 0. The van der Waals surface area contributed by atoms with E-state index in [4.69, 9.17) is 19.4 Å². The lowest BCUT2D eigenvalue weighted by molar-refractivity contribution is 0.671. The minimum absolute atomic E-state index is 0.614. The molecule has 0 aliphatic carbocycles. The maximum absolute atomic E-state index is 6.68. The summed E-state index contributed by atoms with van der Waals surface area (Å²) >= 11 is 3.68. The van der Waals surface area contributed by atoms with E-state index in [-0.39, 0.29) is 0 Å². The average molecular weight is 644 g/mol. The number of fused-ring (bicyclic) bond motifs is 7. The molecule has 5 nitrogen and oxygen atoms in total. The summed E-state index contributed by atoms with van der Waals surface area (Å²) in [5, 5.41) is 4.36. The zero-order chi connectivity index (χ0) is 29.9. The van der Waals surface area contributed by atoms with Gasteiger partial charge in [0.2, 0.25) is 0 Å². The molecular weight excluding hydrogens is 620 g/mol. The molecule has 0 N–H and O–H groups in total. The molecule has 9 aromatic rings. The molecule has 0 atom stereocenters. The molecule has 0 unspecified atom stereocenters. The van der Waals surface area contributed by atoms with Gasteiger partial charge in [0.05, 0.1) is 11.0 Å². The Labute approximate surface area is 266 Å². The number of benzene rings is 6. The number of furan rings is 1. The van der Waals surface area contributed by atoms with Gasteiger partial charge in [0.15, 0.2) is 23.1 Å². The summed E-state index contributed by atoms with van der Waals surface area (Å²) in [5.74, 6) is 1.89. The summed E-state index contributed by atoms with van der Waals surface area (Å²) in [6.45, 7) is 0. The first-order chi connectivity index (χ1) is 22.2. The highest BCUT2D eigenvalue weighted by Crippen LogP contribution is 2.41. The number of rotatable bonds is 4. The highest BCUT2D eigenvalue weighted by atomic mass is 79.9. The van der Waals surface area contributed by atoms with Crippen molar-refractivity contribution in [3.63, 3.8) is 0 Å². The Bertz CT molecular complexity index is 2480. The molecule has 0 aliphatic rings. The maximum atomic E-state index is 6.68. The van der Waals surface area contributed by atoms with E-state index < -0.39 is 0 Å². The Kier molecular flexibility index (Phi) is 5.89. The summed E-state index contributed by atoms with van der Waals surface area (Å²) in [5.41, 5.74) is 7.69. The number of halogens is 1. The van der Waals surface area contributed by atoms with Crippen molar-refractivity contribution >= 4 is 59.7 Å². The SMILES string of the molecule is Brc1ccc2c(c1)c1ccc3c4cc(-c5nc(-c6ccccc6)nc(-c6ccccc6)n5)ccc4oc3c1n2-c1ccccc1. The van der Waals surface area contributed by atoms with Gasteiger partial charge in [0.1, 0.15) is 5.58 Å². The molecule has 0 fully saturated rings. The van der Waals surface area contributed by atoms with E-state index >= 15 is 0 Å². The predicted octanol–water partition coefficient (Wildman–Crippen LogP) is 10.6. The van der Waals surface area contributed by atoms with E-state index in [1.54, 1.807) is 0 Å². The minimum atomic E-state index is 0.614. The fourth-order valence-corrected chi connectivity index (χ4v) is 6.59. The fourth-order valence-electron chi connectivity index (χ4n) is 6.23. The summed E-state index contributed by atoms with van der Waals surface area (Å²) in [6.07, 6.45) is 0. The standard InChI is InChI=1S/C39H23BrN4O/c40-27-17-20-33-31(23-27)29-18-19-30-32-22-26(16-21-34(32)45-36(30)35(29)44(33)28-14-8-3-9-15-28)39-42-37(24-10-4-1-5-11-24)41-38(43-39)25-12-6-2-7-13-25/h1-23H. The lowest BCUT2D eigenvalue weighted by atomic mass is 10.1. The molecule has 0 aliphatic heterocycles. The molecule has 0 amide bonds. The first-order valence-electron chi connectivity index (χ1n) is 14.7. The van der Waals surface area contributed by atoms with Gasteiger partial charge in [0.25, 0.3) is 0 Å². The van der Waals surface area contributed by atoms with Gasteiger partial charge < -0.3 is 8.98 Å². The first kappa shape index (κ1) is 25.9. The van der Waals surface area contributed by atoms with Crippen LogP contribution in [0.5, 0.6) is 0 Å². The topological polar surface area (TPSA) is 56.7 Å². The van der Waals surface area contributed by atoms with Crippen molar-refractivity contribution in [3.8, 4) is 39.9 Å². The third-order valence-corrected chi connectivity index (χ3v) is 8.79. The van der Waals surface area contributed by atoms with Gasteiger partial charge in [-0.3, -0.25) is 0 Å². The van der Waals surface area contributed by atoms with Gasteiger partial charge in [-0.25, -0.2) is 15.0 Å². The summed E-state index contributed by atoms with van der Waals surface area (Å²) in [7, 11) is 0. The molecular formula is C39H23BrN4O. The van der Waals surface area contributed by atoms with Crippen molar-refractivity contribution in [2.45, 2.75) is 0 Å². The smallest absolute Gasteiger partial charge is 0.164 e. The Balaban J connectivity index is 1.29. The lowest BCUT2D eigenvalue weighted by Gasteiger charge is -2.08. The van der Waals surface area contributed by atoms with E-state index in [9.17, 15) is 0 Å². The van der Waals surface area contributed by atoms with E-state index in [0.29, 0.717) is 17.5 Å². The molecule has 6 heteroatoms. The first-order valence-corrected chi connectivity index (χ1v) is 15.5. The van der Waals surface area contributed by atoms with E-state index in [2.05, 4.69) is 81.2 Å². The summed E-state index contributed by atoms with van der Waals surface area (Å²) in [4.78, 5) is 14.8. The molecule has 9 rings (SSSR count). The Morgan fingerprint density at radius 1 is 0.489 bits per heavy atom. The normalized spacial score (nSPS) is 11.7. The molecule has 0 saturated heterocycles. The van der Waals surface area contributed by atoms with Crippen molar-refractivity contribution in [2.24, 2.45) is 0 Å². The number of para-hydroxylation sites is 1. The molecule has 3 aromatic heterocycles. The zero-order valence-corrected chi connectivity index (χ0v) is 25.4. The van der Waals surface area contributed by atoms with Crippen molar-refractivity contribution in [2.75, 3.05) is 0 Å². The molecule has 212 valence electrons. The van der Waals surface area contributed by atoms with Crippen molar-refractivity contribution in [1.82, 2.24) is 19.5 Å². The highest BCUT2D eigenvalue weighted by molar-refractivity contribution is 9.10. The van der Waals surface area contributed by atoms with Crippen LogP contribution in [-0.4, -0.2) is 19.5 Å². The van der Waals surface area contributed by atoms with Gasteiger partial charge in [-0.15, -0.1) is 0 Å². The molecule has 0 spiro atoms. The van der Waals surface area contributed by atoms with Crippen molar-refractivity contribution < 1.29 is 4.42 Å². The van der Waals surface area contributed by atoms with Crippen LogP contribution in [0.25, 0.3) is 83.6 Å². The van der Waals surface area contributed by atoms with Gasteiger partial charge in [0, 0.05) is 48.4 Å². The predicted molar refractivity (Wildman–Crippen MR) is 185 cm³/mol. The van der Waals surface area contributed by atoms with E-state index in [0.717, 1.165) is 65.2 Å². The summed E-state index contributed by atoms with van der Waals surface area (Å²) in [6, 6.07) is 47.5. The van der Waals surface area contributed by atoms with Crippen LogP contribution < -0.4 is 0 Å². The second kappa shape index (κ2) is 10.3. The van der Waals surface area contributed by atoms with Crippen LogP contribution in [0.4, 0.5) is 0 Å². The number of nitrogens with zero attached hydrogens (tertiary/aromatic N) is 4. The van der Waals surface area contributed by atoms with Crippen LogP contribution in [0.3, 0.4) is 0 Å². The Morgan fingerprint density at radius 3 is 1.76 bits per heavy atom. The number of hydrogen-bond acceptors (Lipinski definition) is 4. The van der Waals surface area contributed by atoms with Crippen molar-refractivity contribution in [3.05, 3.63) is 144 Å². The lowest BCUT2D eigenvalue weighted by Crippen LogP contribution is -2.00. The van der Waals surface area contributed by atoms with E-state index in [1.807, 2.05) is 78.9 Å². The van der Waals surface area contributed by atoms with Crippen LogP contribution in [0, 0.1) is 0 Å². The van der Waals surface area contributed by atoms with Gasteiger partial charge >= 0.3 is 0 Å². The minimum Gasteiger partial charge on any atom is -0.454 e. The number of aromatic nitrogens is 4. The Hall–Kier alpha value is -5.59. The van der Waals surface area contributed by atoms with Crippen LogP contribution in [-0.2, 0) is 0 Å². The van der Waals surface area contributed by atoms with Gasteiger partial charge in [-0.2, -0.15) is 0 Å². The zero-order valence-electron chi connectivity index (χ0n) is 23.9. The van der Waals surface area contributed by atoms with E-state index in [1.165, 1.54) is 5.39 Å². The third kappa shape index (κ3) is 4.25. The van der Waals surface area contributed by atoms with Crippen LogP contribution >= 0.6 is 15.9 Å². The molecule has 3 heterocycles. The number of hydrogen-bond donors (Lipinski definition) is 0. The largest absolute Gasteiger partial charge is 0.454 e.